The van der Waals surface area contributed by atoms with Crippen LogP contribution in [0.3, 0.4) is 0 Å². The average molecular weight is 319 g/mol. The van der Waals surface area contributed by atoms with E-state index in [1.54, 1.807) is 0 Å². The second-order valence-corrected chi connectivity index (χ2v) is 10.6. The van der Waals surface area contributed by atoms with Crippen molar-refractivity contribution in [1.82, 2.24) is 9.97 Å². The van der Waals surface area contributed by atoms with E-state index in [0.717, 1.165) is 12.2 Å². The molecule has 1 rings (SSSR count). The Bertz CT molecular complexity index is 561. The first-order chi connectivity index (χ1) is 10.0. The first-order valence-electron chi connectivity index (χ1n) is 8.96. The molecule has 2 heteroatoms. The van der Waals surface area contributed by atoms with Crippen molar-refractivity contribution < 1.29 is 0 Å². The number of hydrogen-bond donors (Lipinski definition) is 0. The van der Waals surface area contributed by atoms with Gasteiger partial charge in [0.05, 0.1) is 11.4 Å². The number of nitrogens with zero attached hydrogens (tertiary/aromatic N) is 2. The van der Waals surface area contributed by atoms with Crippen molar-refractivity contribution in [3.8, 4) is 0 Å². The molecule has 0 unspecified atom stereocenters. The smallest absolute Gasteiger partial charge is 0.134 e. The molecule has 0 fully saturated rings. The van der Waals surface area contributed by atoms with Gasteiger partial charge in [0, 0.05) is 21.8 Å². The Kier molecular flexibility index (Phi) is 5.13. The maximum Gasteiger partial charge on any atom is 0.134 e. The summed E-state index contributed by atoms with van der Waals surface area (Å²) in [4.78, 5) is 10.2. The van der Waals surface area contributed by atoms with E-state index in [1.807, 2.05) is 0 Å². The van der Waals surface area contributed by atoms with E-state index in [1.165, 1.54) is 17.0 Å². The van der Waals surface area contributed by atoms with Gasteiger partial charge in [0.15, 0.2) is 0 Å². The van der Waals surface area contributed by atoms with Crippen molar-refractivity contribution in [2.75, 3.05) is 0 Å². The highest BCUT2D eigenvalue weighted by atomic mass is 14.9. The summed E-state index contributed by atoms with van der Waals surface area (Å²) >= 11 is 0. The summed E-state index contributed by atoms with van der Waals surface area (Å²) in [5.74, 6) is 0.965. The highest BCUT2D eigenvalue weighted by molar-refractivity contribution is 5.40. The van der Waals surface area contributed by atoms with Crippen LogP contribution in [0.1, 0.15) is 112 Å². The van der Waals surface area contributed by atoms with Crippen LogP contribution in [0.5, 0.6) is 0 Å². The fourth-order valence-corrected chi connectivity index (χ4v) is 2.71. The molecule has 0 bridgehead atoms. The molecule has 2 nitrogen and oxygen atoms in total. The van der Waals surface area contributed by atoms with Crippen LogP contribution in [-0.2, 0) is 21.7 Å². The van der Waals surface area contributed by atoms with Gasteiger partial charge in [-0.15, -0.1) is 0 Å². The van der Waals surface area contributed by atoms with Gasteiger partial charge in [-0.2, -0.15) is 0 Å². The van der Waals surface area contributed by atoms with Crippen molar-refractivity contribution in [3.63, 3.8) is 0 Å². The van der Waals surface area contributed by atoms with E-state index in [0.29, 0.717) is 0 Å². The molecule has 132 valence electrons. The van der Waals surface area contributed by atoms with Gasteiger partial charge >= 0.3 is 0 Å². The summed E-state index contributed by atoms with van der Waals surface area (Å²) < 4.78 is 0. The first kappa shape index (κ1) is 20.1. The molecule has 1 aromatic heterocycles. The predicted octanol–water partition coefficient (Wildman–Crippen LogP) is 6.06. The minimum atomic E-state index is -0.0466. The number of aromatic nitrogens is 2. The van der Waals surface area contributed by atoms with Crippen molar-refractivity contribution >= 4 is 0 Å². The van der Waals surface area contributed by atoms with Gasteiger partial charge in [-0.25, -0.2) is 9.97 Å². The van der Waals surface area contributed by atoms with Crippen LogP contribution in [0.15, 0.2) is 0 Å². The SMILES string of the molecule is CCC(C)(C)c1nc(C(C)(C)C)nc(C(C)(C)C)c1C(C)(C)C. The Labute approximate surface area is 144 Å². The van der Waals surface area contributed by atoms with Crippen LogP contribution >= 0.6 is 0 Å². The summed E-state index contributed by atoms with van der Waals surface area (Å²) in [6, 6.07) is 0. The lowest BCUT2D eigenvalue weighted by molar-refractivity contribution is 0.424. The van der Waals surface area contributed by atoms with Crippen LogP contribution in [0.2, 0.25) is 0 Å². The average Bonchev–Trinajstić information content (AvgIpc) is 2.34. The Morgan fingerprint density at radius 2 is 1.04 bits per heavy atom. The van der Waals surface area contributed by atoms with Gasteiger partial charge in [0.1, 0.15) is 5.82 Å². The molecule has 0 spiro atoms. The van der Waals surface area contributed by atoms with Crippen molar-refractivity contribution in [1.29, 1.82) is 0 Å². The summed E-state index contributed by atoms with van der Waals surface area (Å²) in [7, 11) is 0. The fraction of sp³-hybridized carbons (Fsp3) is 0.810. The van der Waals surface area contributed by atoms with Gasteiger partial charge in [0.2, 0.25) is 0 Å². The second kappa shape index (κ2) is 5.86. The highest BCUT2D eigenvalue weighted by Gasteiger charge is 2.37. The molecule has 0 amide bonds. The summed E-state index contributed by atoms with van der Waals surface area (Å²) in [5.41, 5.74) is 3.81. The minimum Gasteiger partial charge on any atom is -0.237 e. The van der Waals surface area contributed by atoms with Crippen molar-refractivity contribution in [2.24, 2.45) is 0 Å². The molecule has 0 saturated heterocycles. The van der Waals surface area contributed by atoms with Crippen LogP contribution in [-0.4, -0.2) is 9.97 Å². The molecule has 0 aromatic carbocycles. The van der Waals surface area contributed by atoms with Crippen molar-refractivity contribution in [2.45, 2.75) is 111 Å². The van der Waals surface area contributed by atoms with E-state index in [-0.39, 0.29) is 21.7 Å². The Morgan fingerprint density at radius 3 is 1.35 bits per heavy atom. The monoisotopic (exact) mass is 318 g/mol. The quantitative estimate of drug-likeness (QED) is 0.662. The summed E-state index contributed by atoms with van der Waals surface area (Å²) in [5, 5.41) is 0. The summed E-state index contributed by atoms with van der Waals surface area (Å²) in [6.45, 7) is 27.1. The van der Waals surface area contributed by atoms with E-state index in [9.17, 15) is 0 Å². The van der Waals surface area contributed by atoms with Crippen molar-refractivity contribution in [3.05, 3.63) is 22.8 Å². The number of hydrogen-bond acceptors (Lipinski definition) is 2. The lowest BCUT2D eigenvalue weighted by Gasteiger charge is -2.37. The van der Waals surface area contributed by atoms with E-state index in [4.69, 9.17) is 9.97 Å². The molecule has 0 N–H and O–H groups in total. The van der Waals surface area contributed by atoms with E-state index >= 15 is 0 Å². The van der Waals surface area contributed by atoms with E-state index in [2.05, 4.69) is 83.1 Å². The Hall–Kier alpha value is -0.920. The zero-order valence-electron chi connectivity index (χ0n) is 17.6. The number of rotatable bonds is 2. The normalized spacial score (nSPS) is 14.3. The third kappa shape index (κ3) is 4.33. The maximum atomic E-state index is 5.12. The third-order valence-electron chi connectivity index (χ3n) is 4.57. The third-order valence-corrected chi connectivity index (χ3v) is 4.57. The van der Waals surface area contributed by atoms with Gasteiger partial charge in [-0.1, -0.05) is 83.1 Å². The molecule has 0 saturated carbocycles. The van der Waals surface area contributed by atoms with Crippen LogP contribution in [0.25, 0.3) is 0 Å². The fourth-order valence-electron chi connectivity index (χ4n) is 2.71. The van der Waals surface area contributed by atoms with Crippen LogP contribution in [0, 0.1) is 0 Å². The predicted molar refractivity (Wildman–Crippen MR) is 101 cm³/mol. The Morgan fingerprint density at radius 1 is 0.609 bits per heavy atom. The molecule has 1 heterocycles. The van der Waals surface area contributed by atoms with E-state index < -0.39 is 0 Å². The van der Waals surface area contributed by atoms with Gasteiger partial charge in [-0.05, 0) is 11.8 Å². The molecule has 0 aliphatic heterocycles. The molecule has 0 aliphatic carbocycles. The Balaban J connectivity index is 3.99. The molecular formula is C21H38N2. The lowest BCUT2D eigenvalue weighted by atomic mass is 9.71. The highest BCUT2D eigenvalue weighted by Crippen LogP contribution is 2.41. The summed E-state index contributed by atoms with van der Waals surface area (Å²) in [6.07, 6.45) is 1.07. The van der Waals surface area contributed by atoms with Crippen LogP contribution in [0.4, 0.5) is 0 Å². The second-order valence-electron chi connectivity index (χ2n) is 10.6. The zero-order valence-corrected chi connectivity index (χ0v) is 17.6. The van der Waals surface area contributed by atoms with Gasteiger partial charge in [-0.3, -0.25) is 0 Å². The molecule has 1 aromatic rings. The lowest BCUT2D eigenvalue weighted by Crippen LogP contribution is -2.34. The molecule has 23 heavy (non-hydrogen) atoms. The van der Waals surface area contributed by atoms with Crippen LogP contribution < -0.4 is 0 Å². The maximum absolute atomic E-state index is 5.12. The standard InChI is InChI=1S/C21H38N2/c1-13-21(11,12)16-14(18(2,3)4)15(19(5,6)7)22-17(23-16)20(8,9)10/h13H2,1-12H3. The molecule has 0 radical (unpaired) electrons. The minimum absolute atomic E-state index is 0.00409. The molecular weight excluding hydrogens is 280 g/mol. The first-order valence-corrected chi connectivity index (χ1v) is 8.96. The zero-order chi connectivity index (χ0) is 18.4. The van der Waals surface area contributed by atoms with Gasteiger partial charge in [0.25, 0.3) is 0 Å². The topological polar surface area (TPSA) is 25.8 Å². The molecule has 0 aliphatic rings. The largest absolute Gasteiger partial charge is 0.237 e. The molecule has 0 atom stereocenters. The van der Waals surface area contributed by atoms with Gasteiger partial charge < -0.3 is 0 Å².